The highest BCUT2D eigenvalue weighted by atomic mass is 16.5. The Hall–Kier alpha value is -3.26. The molecule has 126 valence electrons. The lowest BCUT2D eigenvalue weighted by Gasteiger charge is -2.05. The molecule has 0 aliphatic rings. The average molecular weight is 337 g/mol. The molecule has 4 aromatic rings. The van der Waals surface area contributed by atoms with Gasteiger partial charge in [0.25, 0.3) is 0 Å². The number of nitrogens with one attached hydrogen (secondary N) is 1. The summed E-state index contributed by atoms with van der Waals surface area (Å²) in [6.45, 7) is 2.07. The SMILES string of the molecule is CCOC(=O)c1cnn2c([NH2+]C)cc(-c3c[nH]c4ncccc34)nc12. The van der Waals surface area contributed by atoms with Crippen LogP contribution < -0.4 is 5.32 Å². The lowest BCUT2D eigenvalue weighted by Crippen LogP contribution is -2.73. The zero-order valence-corrected chi connectivity index (χ0v) is 13.9. The molecule has 0 saturated carbocycles. The second-order valence-electron chi connectivity index (χ2n) is 5.47. The van der Waals surface area contributed by atoms with Crippen LogP contribution in [0, 0.1) is 0 Å². The molecule has 0 fully saturated rings. The molecule has 3 N–H and O–H groups in total. The standard InChI is InChI=1S/C17H16N6O2/c1-3-25-17(24)12-9-21-23-14(18-2)7-13(22-16(12)23)11-8-20-15-10(11)5-4-6-19-15/h4-9,18H,3H2,1-2H3,(H,19,20)/p+1. The summed E-state index contributed by atoms with van der Waals surface area (Å²) in [5, 5.41) is 7.17. The number of rotatable bonds is 4. The third-order valence-electron chi connectivity index (χ3n) is 4.02. The molecule has 0 bridgehead atoms. The molecule has 0 atom stereocenters. The number of aromatic amines is 1. The molecule has 8 nitrogen and oxygen atoms in total. The number of nitrogens with zero attached hydrogens (tertiary/aromatic N) is 4. The smallest absolute Gasteiger partial charge is 0.343 e. The lowest BCUT2D eigenvalue weighted by atomic mass is 10.1. The summed E-state index contributed by atoms with van der Waals surface area (Å²) in [4.78, 5) is 24.3. The zero-order valence-electron chi connectivity index (χ0n) is 13.9. The topological polar surface area (TPSA) is 102 Å². The van der Waals surface area contributed by atoms with Crippen molar-refractivity contribution < 1.29 is 14.8 Å². The first-order valence-corrected chi connectivity index (χ1v) is 8.00. The minimum atomic E-state index is -0.426. The van der Waals surface area contributed by atoms with Crippen LogP contribution in [0.25, 0.3) is 27.9 Å². The van der Waals surface area contributed by atoms with E-state index >= 15 is 0 Å². The molecule has 0 radical (unpaired) electrons. The molecule has 4 aromatic heterocycles. The fraction of sp³-hybridized carbons (Fsp3) is 0.176. The number of carbonyl (C=O) groups excluding carboxylic acids is 1. The van der Waals surface area contributed by atoms with E-state index in [1.54, 1.807) is 17.6 Å². The summed E-state index contributed by atoms with van der Waals surface area (Å²) in [6, 6.07) is 5.80. The van der Waals surface area contributed by atoms with Crippen molar-refractivity contribution in [3.63, 3.8) is 0 Å². The number of pyridine rings is 1. The van der Waals surface area contributed by atoms with E-state index in [9.17, 15) is 4.79 Å². The number of nitrogens with two attached hydrogens (primary N) is 1. The Balaban J connectivity index is 1.95. The third kappa shape index (κ3) is 2.43. The molecular formula is C17H17N6O2+. The fourth-order valence-corrected chi connectivity index (χ4v) is 2.85. The van der Waals surface area contributed by atoms with Gasteiger partial charge in [-0.15, -0.1) is 0 Å². The van der Waals surface area contributed by atoms with Crippen LogP contribution in [-0.2, 0) is 4.74 Å². The molecule has 0 aliphatic heterocycles. The Morgan fingerprint density at radius 3 is 3.12 bits per heavy atom. The first kappa shape index (κ1) is 15.3. The van der Waals surface area contributed by atoms with Gasteiger partial charge in [-0.2, -0.15) is 9.61 Å². The third-order valence-corrected chi connectivity index (χ3v) is 4.02. The Morgan fingerprint density at radius 2 is 2.32 bits per heavy atom. The van der Waals surface area contributed by atoms with E-state index in [0.29, 0.717) is 17.8 Å². The maximum Gasteiger partial charge on any atom is 0.343 e. The van der Waals surface area contributed by atoms with Crippen LogP contribution in [0.4, 0.5) is 5.82 Å². The van der Waals surface area contributed by atoms with Crippen molar-refractivity contribution >= 4 is 28.5 Å². The van der Waals surface area contributed by atoms with Crippen LogP contribution in [0.3, 0.4) is 0 Å². The highest BCUT2D eigenvalue weighted by Crippen LogP contribution is 2.28. The zero-order chi connectivity index (χ0) is 17.4. The number of ether oxygens (including phenoxy) is 1. The van der Waals surface area contributed by atoms with Gasteiger partial charge in [-0.3, -0.25) is 5.32 Å². The van der Waals surface area contributed by atoms with Crippen molar-refractivity contribution in [2.45, 2.75) is 6.92 Å². The van der Waals surface area contributed by atoms with E-state index in [-0.39, 0.29) is 0 Å². The van der Waals surface area contributed by atoms with Crippen LogP contribution in [0.1, 0.15) is 17.3 Å². The second kappa shape index (κ2) is 5.99. The minimum Gasteiger partial charge on any atom is -0.462 e. The van der Waals surface area contributed by atoms with Crippen molar-refractivity contribution in [2.75, 3.05) is 13.7 Å². The Morgan fingerprint density at radius 1 is 1.44 bits per heavy atom. The minimum absolute atomic E-state index is 0.302. The maximum absolute atomic E-state index is 12.2. The fourth-order valence-electron chi connectivity index (χ4n) is 2.85. The van der Waals surface area contributed by atoms with Crippen molar-refractivity contribution in [2.24, 2.45) is 0 Å². The predicted molar refractivity (Wildman–Crippen MR) is 91.5 cm³/mol. The molecule has 4 rings (SSSR count). The van der Waals surface area contributed by atoms with Crippen LogP contribution in [0.2, 0.25) is 0 Å². The van der Waals surface area contributed by atoms with E-state index in [1.165, 1.54) is 6.20 Å². The van der Waals surface area contributed by atoms with Crippen LogP contribution >= 0.6 is 0 Å². The molecular weight excluding hydrogens is 320 g/mol. The van der Waals surface area contributed by atoms with Gasteiger partial charge in [0.2, 0.25) is 5.82 Å². The summed E-state index contributed by atoms with van der Waals surface area (Å²) in [5.74, 6) is 0.415. The molecule has 0 aromatic carbocycles. The average Bonchev–Trinajstić information content (AvgIpc) is 3.25. The summed E-state index contributed by atoms with van der Waals surface area (Å²) >= 11 is 0. The lowest BCUT2D eigenvalue weighted by molar-refractivity contribution is -0.544. The van der Waals surface area contributed by atoms with Gasteiger partial charge in [0.05, 0.1) is 25.5 Å². The molecule has 25 heavy (non-hydrogen) atoms. The van der Waals surface area contributed by atoms with E-state index < -0.39 is 5.97 Å². The number of carbonyl (C=O) groups is 1. The Labute approximate surface area is 142 Å². The van der Waals surface area contributed by atoms with Crippen molar-refractivity contribution in [1.29, 1.82) is 0 Å². The van der Waals surface area contributed by atoms with Crippen molar-refractivity contribution in [3.8, 4) is 11.3 Å². The van der Waals surface area contributed by atoms with Crippen molar-refractivity contribution in [3.05, 3.63) is 42.4 Å². The highest BCUT2D eigenvalue weighted by Gasteiger charge is 2.20. The van der Waals surface area contributed by atoms with Gasteiger partial charge in [0.1, 0.15) is 11.2 Å². The molecule has 0 saturated heterocycles. The molecule has 8 heteroatoms. The van der Waals surface area contributed by atoms with Crippen LogP contribution in [0.5, 0.6) is 0 Å². The van der Waals surface area contributed by atoms with Gasteiger partial charge in [-0.1, -0.05) is 0 Å². The number of aromatic nitrogens is 5. The van der Waals surface area contributed by atoms with Gasteiger partial charge in [0, 0.05) is 29.4 Å². The number of esters is 1. The Bertz CT molecular complexity index is 1080. The normalized spacial score (nSPS) is 11.3. The van der Waals surface area contributed by atoms with E-state index in [1.807, 2.05) is 36.8 Å². The number of hydrogen-bond acceptors (Lipinski definition) is 5. The van der Waals surface area contributed by atoms with E-state index in [2.05, 4.69) is 20.1 Å². The maximum atomic E-state index is 12.2. The highest BCUT2D eigenvalue weighted by molar-refractivity contribution is 5.97. The van der Waals surface area contributed by atoms with E-state index in [4.69, 9.17) is 4.74 Å². The van der Waals surface area contributed by atoms with E-state index in [0.717, 1.165) is 28.1 Å². The monoisotopic (exact) mass is 337 g/mol. The molecule has 0 amide bonds. The van der Waals surface area contributed by atoms with Gasteiger partial charge < -0.3 is 9.72 Å². The molecule has 0 aliphatic carbocycles. The first-order valence-electron chi connectivity index (χ1n) is 8.00. The van der Waals surface area contributed by atoms with Gasteiger partial charge in [-0.25, -0.2) is 14.8 Å². The number of hydrogen-bond donors (Lipinski definition) is 2. The van der Waals surface area contributed by atoms with Gasteiger partial charge >= 0.3 is 5.97 Å². The Kier molecular flexibility index (Phi) is 3.66. The first-order chi connectivity index (χ1) is 12.2. The quantitative estimate of drug-likeness (QED) is 0.546. The summed E-state index contributed by atoms with van der Waals surface area (Å²) in [5.41, 5.74) is 3.28. The van der Waals surface area contributed by atoms with Gasteiger partial charge in [0.15, 0.2) is 5.65 Å². The van der Waals surface area contributed by atoms with Crippen LogP contribution in [0.15, 0.2) is 36.8 Å². The molecule has 0 unspecified atom stereocenters. The summed E-state index contributed by atoms with van der Waals surface area (Å²) < 4.78 is 6.75. The summed E-state index contributed by atoms with van der Waals surface area (Å²) in [7, 11) is 1.92. The molecule has 4 heterocycles. The van der Waals surface area contributed by atoms with Crippen LogP contribution in [-0.4, -0.2) is 44.2 Å². The molecule has 0 spiro atoms. The van der Waals surface area contributed by atoms with Crippen molar-refractivity contribution in [1.82, 2.24) is 24.6 Å². The number of quaternary nitrogens is 1. The second-order valence-corrected chi connectivity index (χ2v) is 5.47. The predicted octanol–water partition coefficient (Wildman–Crippen LogP) is 1.27. The number of H-pyrrole nitrogens is 1. The largest absolute Gasteiger partial charge is 0.462 e. The number of fused-ring (bicyclic) bond motifs is 2. The summed E-state index contributed by atoms with van der Waals surface area (Å²) in [6.07, 6.45) is 5.10. The van der Waals surface area contributed by atoms with Gasteiger partial charge in [-0.05, 0) is 19.1 Å².